The summed E-state index contributed by atoms with van der Waals surface area (Å²) in [5, 5.41) is 0. The number of allylic oxidation sites excluding steroid dienone is 2. The zero-order chi connectivity index (χ0) is 26.2. The molecule has 8 nitrogen and oxygen atoms in total. The van der Waals surface area contributed by atoms with E-state index in [1.54, 1.807) is 26.2 Å². The molecular formula is C28H38N2O6. The molecule has 6 atom stereocenters. The third-order valence-electron chi connectivity index (χ3n) is 6.76. The van der Waals surface area contributed by atoms with Gasteiger partial charge in [-0.2, -0.15) is 0 Å². The van der Waals surface area contributed by atoms with Crippen molar-refractivity contribution >= 4 is 11.9 Å². The minimum Gasteiger partial charge on any atom is -0.458 e. The molecule has 0 bridgehead atoms. The summed E-state index contributed by atoms with van der Waals surface area (Å²) in [7, 11) is 0. The maximum Gasteiger partial charge on any atom is 0.333 e. The van der Waals surface area contributed by atoms with E-state index in [0.29, 0.717) is 48.3 Å². The Morgan fingerprint density at radius 2 is 1.11 bits per heavy atom. The Balaban J connectivity index is 1.87. The van der Waals surface area contributed by atoms with Crippen LogP contribution in [-0.4, -0.2) is 34.1 Å². The fourth-order valence-electron chi connectivity index (χ4n) is 4.86. The van der Waals surface area contributed by atoms with Crippen molar-refractivity contribution in [1.29, 1.82) is 0 Å². The smallest absolute Gasteiger partial charge is 0.333 e. The molecule has 0 radical (unpaired) electrons. The lowest BCUT2D eigenvalue weighted by molar-refractivity contribution is -0.147. The van der Waals surface area contributed by atoms with E-state index in [-0.39, 0.29) is 47.8 Å². The van der Waals surface area contributed by atoms with Gasteiger partial charge < -0.3 is 18.3 Å². The lowest BCUT2D eigenvalue weighted by Crippen LogP contribution is -2.30. The van der Waals surface area contributed by atoms with Gasteiger partial charge in [-0.3, -0.25) is 0 Å². The molecule has 2 aromatic heterocycles. The van der Waals surface area contributed by atoms with Crippen LogP contribution in [0.3, 0.4) is 0 Å². The molecule has 0 aliphatic carbocycles. The summed E-state index contributed by atoms with van der Waals surface area (Å²) in [5.41, 5.74) is 1.12. The van der Waals surface area contributed by atoms with E-state index in [9.17, 15) is 9.59 Å². The van der Waals surface area contributed by atoms with Gasteiger partial charge in [-0.25, -0.2) is 19.6 Å². The Morgan fingerprint density at radius 1 is 0.722 bits per heavy atom. The highest BCUT2D eigenvalue weighted by atomic mass is 16.5. The zero-order valence-corrected chi connectivity index (χ0v) is 22.1. The summed E-state index contributed by atoms with van der Waals surface area (Å²) >= 11 is 0. The first-order chi connectivity index (χ1) is 17.1. The second-order valence-corrected chi connectivity index (χ2v) is 10.3. The number of ether oxygens (including phenoxy) is 2. The normalized spacial score (nSPS) is 32.1. The molecule has 36 heavy (non-hydrogen) atoms. The van der Waals surface area contributed by atoms with Gasteiger partial charge in [0.15, 0.2) is 12.8 Å². The third kappa shape index (κ3) is 7.93. The van der Waals surface area contributed by atoms with E-state index in [2.05, 4.69) is 9.97 Å². The molecule has 2 aromatic rings. The van der Waals surface area contributed by atoms with Crippen LogP contribution in [0.4, 0.5) is 0 Å². The van der Waals surface area contributed by atoms with Crippen molar-refractivity contribution in [3.05, 3.63) is 60.0 Å². The molecule has 3 heterocycles. The first-order valence-corrected chi connectivity index (χ1v) is 12.7. The molecule has 196 valence electrons. The summed E-state index contributed by atoms with van der Waals surface area (Å²) in [4.78, 5) is 34.0. The largest absolute Gasteiger partial charge is 0.458 e. The molecule has 0 N–H and O–H groups in total. The fraction of sp³-hybridized carbons (Fsp3) is 0.571. The number of hydrogen-bond acceptors (Lipinski definition) is 8. The lowest BCUT2D eigenvalue weighted by atomic mass is 9.88. The fourth-order valence-corrected chi connectivity index (χ4v) is 4.86. The Bertz CT molecular complexity index is 956. The number of rotatable bonds is 4. The molecular weight excluding hydrogens is 460 g/mol. The van der Waals surface area contributed by atoms with E-state index >= 15 is 0 Å². The maximum atomic E-state index is 13.0. The van der Waals surface area contributed by atoms with Crippen LogP contribution in [0.2, 0.25) is 0 Å². The Hall–Kier alpha value is -3.16. The first-order valence-electron chi connectivity index (χ1n) is 12.7. The summed E-state index contributed by atoms with van der Waals surface area (Å²) in [5.74, 6) is 0.843. The summed E-state index contributed by atoms with van der Waals surface area (Å²) in [6.45, 7) is 11.8. The lowest BCUT2D eigenvalue weighted by Gasteiger charge is -2.27. The van der Waals surface area contributed by atoms with Crippen LogP contribution in [0, 0.1) is 23.7 Å². The predicted molar refractivity (Wildman–Crippen MR) is 134 cm³/mol. The highest BCUT2D eigenvalue weighted by Crippen LogP contribution is 2.27. The molecule has 0 aromatic carbocycles. The van der Waals surface area contributed by atoms with E-state index in [1.165, 1.54) is 12.8 Å². The minimum atomic E-state index is -0.384. The highest BCUT2D eigenvalue weighted by Gasteiger charge is 2.28. The number of hydrogen-bond donors (Lipinski definition) is 0. The summed E-state index contributed by atoms with van der Waals surface area (Å²) < 4.78 is 22.8. The number of oxazole rings is 2. The maximum absolute atomic E-state index is 13.0. The Kier molecular flexibility index (Phi) is 9.67. The van der Waals surface area contributed by atoms with E-state index < -0.39 is 0 Å². The van der Waals surface area contributed by atoms with Gasteiger partial charge in [-0.1, -0.05) is 39.8 Å². The van der Waals surface area contributed by atoms with Crippen LogP contribution >= 0.6 is 0 Å². The van der Waals surface area contributed by atoms with Crippen molar-refractivity contribution in [2.75, 3.05) is 0 Å². The molecule has 0 spiro atoms. The quantitative estimate of drug-likeness (QED) is 0.509. The van der Waals surface area contributed by atoms with Gasteiger partial charge in [0, 0.05) is 24.0 Å². The van der Waals surface area contributed by atoms with Gasteiger partial charge in [0.1, 0.15) is 23.7 Å². The van der Waals surface area contributed by atoms with Crippen molar-refractivity contribution < 1.29 is 27.9 Å². The molecule has 0 amide bonds. The number of cyclic esters (lactones) is 2. The van der Waals surface area contributed by atoms with Crippen molar-refractivity contribution in [2.45, 2.75) is 79.4 Å². The topological polar surface area (TPSA) is 105 Å². The van der Waals surface area contributed by atoms with Crippen LogP contribution in [0.1, 0.15) is 65.9 Å². The summed E-state index contributed by atoms with van der Waals surface area (Å²) in [6.07, 6.45) is 11.4. The van der Waals surface area contributed by atoms with Crippen LogP contribution in [-0.2, 0) is 31.9 Å². The van der Waals surface area contributed by atoms with Crippen LogP contribution in [0.25, 0.3) is 0 Å². The number of aromatic nitrogens is 2. The van der Waals surface area contributed by atoms with Gasteiger partial charge in [-0.15, -0.1) is 0 Å². The predicted octanol–water partition coefficient (Wildman–Crippen LogP) is 5.50. The number of carbonyl (C=O) groups is 2. The van der Waals surface area contributed by atoms with Gasteiger partial charge in [-0.05, 0) is 50.4 Å². The Labute approximate surface area is 213 Å². The number of nitrogens with zero attached hydrogens (tertiary/aromatic N) is 2. The average Bonchev–Trinajstić information content (AvgIpc) is 3.51. The molecule has 1 aliphatic heterocycles. The van der Waals surface area contributed by atoms with Gasteiger partial charge in [0.05, 0.1) is 12.4 Å². The molecule has 0 saturated heterocycles. The van der Waals surface area contributed by atoms with Crippen molar-refractivity contribution in [2.24, 2.45) is 23.7 Å². The Morgan fingerprint density at radius 3 is 1.44 bits per heavy atom. The highest BCUT2D eigenvalue weighted by molar-refractivity contribution is 5.88. The zero-order valence-electron chi connectivity index (χ0n) is 22.1. The van der Waals surface area contributed by atoms with E-state index in [1.807, 2.05) is 39.8 Å². The van der Waals surface area contributed by atoms with Crippen LogP contribution in [0.5, 0.6) is 0 Å². The number of esters is 2. The standard InChI is InChI=1S/C28H38N2O6/c1-17-7-19(3)25(11-23-13-29-15-33-23)35-28(32)22(6)10-18(2)8-20(4)26(12-24-14-30-16-34-24)36-27(31)21(5)9-17/h9-10,13-20,25-26H,7-8,11-12H2,1-6H3/b21-9-,22-10-/t17-,18-,19+,20+,25+,26?/m1/s1. The first kappa shape index (κ1) is 27.4. The van der Waals surface area contributed by atoms with Crippen molar-refractivity contribution in [1.82, 2.24) is 9.97 Å². The second-order valence-electron chi connectivity index (χ2n) is 10.3. The molecule has 0 saturated carbocycles. The van der Waals surface area contributed by atoms with E-state index in [4.69, 9.17) is 18.3 Å². The SMILES string of the molecule is C/C1=C/[C@H](C)C[C@H](C)[C@H](Cc2cnco2)OC(=O)/C(C)=C\[C@H](C)C[C@H](C)C(Cc2cnco2)OC1=O. The second kappa shape index (κ2) is 12.7. The van der Waals surface area contributed by atoms with E-state index in [0.717, 1.165) is 0 Å². The summed E-state index contributed by atoms with van der Waals surface area (Å²) in [6, 6.07) is 0. The van der Waals surface area contributed by atoms with Crippen molar-refractivity contribution in [3.63, 3.8) is 0 Å². The van der Waals surface area contributed by atoms with Crippen LogP contribution in [0.15, 0.2) is 57.3 Å². The van der Waals surface area contributed by atoms with Crippen molar-refractivity contribution in [3.8, 4) is 0 Å². The van der Waals surface area contributed by atoms with Gasteiger partial charge in [0.25, 0.3) is 0 Å². The molecule has 0 fully saturated rings. The molecule has 3 rings (SSSR count). The molecule has 1 unspecified atom stereocenters. The number of carbonyl (C=O) groups excluding carboxylic acids is 2. The average molecular weight is 499 g/mol. The molecule has 8 heteroatoms. The van der Waals surface area contributed by atoms with Gasteiger partial charge in [0.2, 0.25) is 0 Å². The van der Waals surface area contributed by atoms with Gasteiger partial charge >= 0.3 is 11.9 Å². The van der Waals surface area contributed by atoms with Crippen LogP contribution < -0.4 is 0 Å². The minimum absolute atomic E-state index is 0.0199. The third-order valence-corrected chi connectivity index (χ3v) is 6.76. The molecule has 1 aliphatic rings. The monoisotopic (exact) mass is 498 g/mol.